The normalized spacial score (nSPS) is 11.8. The number of nitrogens with one attached hydrogen (secondary N) is 2. The molecule has 0 radical (unpaired) electrons. The Morgan fingerprint density at radius 2 is 1.92 bits per heavy atom. The van der Waals surface area contributed by atoms with E-state index in [4.69, 9.17) is 0 Å². The molecule has 0 aliphatic heterocycles. The third-order valence-electron chi connectivity index (χ3n) is 3.62. The summed E-state index contributed by atoms with van der Waals surface area (Å²) in [6.07, 6.45) is -0.608. The smallest absolute Gasteiger partial charge is 0.356 e. The Balaban J connectivity index is 0.00000338. The Kier molecular flexibility index (Phi) is 9.46. The SMILES string of the molecule is CN=C(NCCC(F)(F)F)NCc1nccn1CCc1ccccc1.I. The quantitative estimate of drug-likeness (QED) is 0.363. The summed E-state index contributed by atoms with van der Waals surface area (Å²) in [4.78, 5) is 8.21. The molecule has 0 saturated carbocycles. The highest BCUT2D eigenvalue weighted by Crippen LogP contribution is 2.18. The van der Waals surface area contributed by atoms with Gasteiger partial charge in [0.1, 0.15) is 5.82 Å². The molecule has 0 fully saturated rings. The van der Waals surface area contributed by atoms with Crippen molar-refractivity contribution >= 4 is 29.9 Å². The van der Waals surface area contributed by atoms with Crippen molar-refractivity contribution in [2.75, 3.05) is 13.6 Å². The minimum atomic E-state index is -4.18. The zero-order valence-electron chi connectivity index (χ0n) is 14.5. The molecule has 0 atom stereocenters. The number of halogens is 4. The average molecular weight is 481 g/mol. The summed E-state index contributed by atoms with van der Waals surface area (Å²) in [5.74, 6) is 1.12. The molecule has 1 aromatic heterocycles. The molecule has 0 saturated heterocycles. The van der Waals surface area contributed by atoms with Gasteiger partial charge in [-0.3, -0.25) is 4.99 Å². The molecule has 0 aliphatic rings. The van der Waals surface area contributed by atoms with Crippen LogP contribution in [0.25, 0.3) is 0 Å². The highest BCUT2D eigenvalue weighted by molar-refractivity contribution is 14.0. The van der Waals surface area contributed by atoms with Gasteiger partial charge in [0.2, 0.25) is 0 Å². The van der Waals surface area contributed by atoms with E-state index in [0.29, 0.717) is 12.5 Å². The molecule has 0 amide bonds. The Bertz CT molecular complexity index is 671. The molecule has 2 rings (SSSR count). The van der Waals surface area contributed by atoms with E-state index < -0.39 is 12.6 Å². The van der Waals surface area contributed by atoms with Gasteiger partial charge in [0, 0.05) is 32.5 Å². The van der Waals surface area contributed by atoms with Crippen molar-refractivity contribution in [3.63, 3.8) is 0 Å². The van der Waals surface area contributed by atoms with Crippen LogP contribution in [0.4, 0.5) is 13.2 Å². The van der Waals surface area contributed by atoms with Crippen LogP contribution in [-0.4, -0.2) is 35.3 Å². The van der Waals surface area contributed by atoms with Gasteiger partial charge in [0.05, 0.1) is 13.0 Å². The van der Waals surface area contributed by atoms with Crippen LogP contribution in [-0.2, 0) is 19.5 Å². The molecule has 144 valence electrons. The Labute approximate surface area is 168 Å². The lowest BCUT2D eigenvalue weighted by molar-refractivity contribution is -0.132. The second-order valence-corrected chi connectivity index (χ2v) is 5.49. The molecule has 9 heteroatoms. The van der Waals surface area contributed by atoms with Crippen molar-refractivity contribution < 1.29 is 13.2 Å². The molecule has 0 bridgehead atoms. The number of guanidine groups is 1. The predicted octanol–water partition coefficient (Wildman–Crippen LogP) is 3.36. The fourth-order valence-corrected chi connectivity index (χ4v) is 2.31. The molecule has 5 nitrogen and oxygen atoms in total. The van der Waals surface area contributed by atoms with Crippen LogP contribution < -0.4 is 10.6 Å². The van der Waals surface area contributed by atoms with E-state index >= 15 is 0 Å². The van der Waals surface area contributed by atoms with E-state index in [-0.39, 0.29) is 30.5 Å². The summed E-state index contributed by atoms with van der Waals surface area (Å²) in [6, 6.07) is 10.1. The third kappa shape index (κ3) is 8.07. The number of alkyl halides is 3. The minimum absolute atomic E-state index is 0. The van der Waals surface area contributed by atoms with Crippen LogP contribution in [0.5, 0.6) is 0 Å². The van der Waals surface area contributed by atoms with Crippen LogP contribution in [0.1, 0.15) is 17.8 Å². The first kappa shape index (κ1) is 22.3. The van der Waals surface area contributed by atoms with Crippen LogP contribution in [0, 0.1) is 0 Å². The first-order valence-corrected chi connectivity index (χ1v) is 8.03. The average Bonchev–Trinajstić information content (AvgIpc) is 3.03. The van der Waals surface area contributed by atoms with Gasteiger partial charge in [-0.2, -0.15) is 13.2 Å². The van der Waals surface area contributed by atoms with Crippen LogP contribution in [0.15, 0.2) is 47.7 Å². The molecule has 0 unspecified atom stereocenters. The lowest BCUT2D eigenvalue weighted by Gasteiger charge is -2.13. The second kappa shape index (κ2) is 11.0. The van der Waals surface area contributed by atoms with Crippen molar-refractivity contribution in [3.05, 3.63) is 54.1 Å². The fraction of sp³-hybridized carbons (Fsp3) is 0.412. The van der Waals surface area contributed by atoms with E-state index in [2.05, 4.69) is 32.7 Å². The van der Waals surface area contributed by atoms with Gasteiger partial charge < -0.3 is 15.2 Å². The van der Waals surface area contributed by atoms with Crippen molar-refractivity contribution in [1.82, 2.24) is 20.2 Å². The first-order chi connectivity index (χ1) is 12.0. The van der Waals surface area contributed by atoms with E-state index in [9.17, 15) is 13.2 Å². The predicted molar refractivity (Wildman–Crippen MR) is 107 cm³/mol. The standard InChI is InChI=1S/C17H22F3N5.HI/c1-21-16(23-9-8-17(18,19)20)24-13-15-22-10-12-25(15)11-7-14-5-3-2-4-6-14;/h2-6,10,12H,7-9,11,13H2,1H3,(H2,21,23,24);1H. The fourth-order valence-electron chi connectivity index (χ4n) is 2.31. The van der Waals surface area contributed by atoms with Gasteiger partial charge in [-0.25, -0.2) is 4.98 Å². The van der Waals surface area contributed by atoms with Gasteiger partial charge in [-0.15, -0.1) is 24.0 Å². The summed E-state index contributed by atoms with van der Waals surface area (Å²) < 4.78 is 38.6. The Morgan fingerprint density at radius 1 is 1.19 bits per heavy atom. The van der Waals surface area contributed by atoms with Gasteiger partial charge in [-0.1, -0.05) is 30.3 Å². The Hall–Kier alpha value is -1.78. The number of aromatic nitrogens is 2. The maximum absolute atomic E-state index is 12.2. The number of benzene rings is 1. The van der Waals surface area contributed by atoms with E-state index in [1.807, 2.05) is 29.0 Å². The van der Waals surface area contributed by atoms with Crippen molar-refractivity contribution in [3.8, 4) is 0 Å². The largest absolute Gasteiger partial charge is 0.390 e. The summed E-state index contributed by atoms with van der Waals surface area (Å²) in [5, 5.41) is 5.63. The molecule has 0 spiro atoms. The number of aryl methyl sites for hydroxylation is 2. The topological polar surface area (TPSA) is 54.2 Å². The molecule has 1 heterocycles. The number of nitrogens with zero attached hydrogens (tertiary/aromatic N) is 3. The van der Waals surface area contributed by atoms with Gasteiger partial charge in [-0.05, 0) is 12.0 Å². The lowest BCUT2D eigenvalue weighted by Crippen LogP contribution is -2.39. The monoisotopic (exact) mass is 481 g/mol. The summed E-state index contributed by atoms with van der Waals surface area (Å²) >= 11 is 0. The van der Waals surface area contributed by atoms with Crippen molar-refractivity contribution in [2.24, 2.45) is 4.99 Å². The highest BCUT2D eigenvalue weighted by atomic mass is 127. The maximum Gasteiger partial charge on any atom is 0.390 e. The maximum atomic E-state index is 12.2. The second-order valence-electron chi connectivity index (χ2n) is 5.49. The third-order valence-corrected chi connectivity index (χ3v) is 3.62. The summed E-state index contributed by atoms with van der Waals surface area (Å²) in [6.45, 7) is 0.945. The van der Waals surface area contributed by atoms with Crippen LogP contribution in [0.2, 0.25) is 0 Å². The van der Waals surface area contributed by atoms with E-state index in [0.717, 1.165) is 18.8 Å². The van der Waals surface area contributed by atoms with E-state index in [1.165, 1.54) is 12.6 Å². The molecular weight excluding hydrogens is 458 g/mol. The van der Waals surface area contributed by atoms with Gasteiger partial charge >= 0.3 is 6.18 Å². The zero-order valence-corrected chi connectivity index (χ0v) is 16.8. The molecule has 1 aromatic carbocycles. The van der Waals surface area contributed by atoms with Gasteiger partial charge in [0.15, 0.2) is 5.96 Å². The van der Waals surface area contributed by atoms with Crippen molar-refractivity contribution in [1.29, 1.82) is 0 Å². The Morgan fingerprint density at radius 3 is 2.58 bits per heavy atom. The van der Waals surface area contributed by atoms with Crippen LogP contribution >= 0.6 is 24.0 Å². The van der Waals surface area contributed by atoms with Crippen LogP contribution in [0.3, 0.4) is 0 Å². The number of aliphatic imine (C=N–C) groups is 1. The number of hydrogen-bond donors (Lipinski definition) is 2. The van der Waals surface area contributed by atoms with Crippen molar-refractivity contribution in [2.45, 2.75) is 32.1 Å². The van der Waals surface area contributed by atoms with Gasteiger partial charge in [0.25, 0.3) is 0 Å². The number of hydrogen-bond acceptors (Lipinski definition) is 2. The minimum Gasteiger partial charge on any atom is -0.356 e. The zero-order chi connectivity index (χ0) is 18.1. The lowest BCUT2D eigenvalue weighted by atomic mass is 10.1. The summed E-state index contributed by atoms with van der Waals surface area (Å²) in [7, 11) is 1.52. The van der Waals surface area contributed by atoms with E-state index in [1.54, 1.807) is 6.20 Å². The number of rotatable bonds is 7. The highest BCUT2D eigenvalue weighted by Gasteiger charge is 2.26. The first-order valence-electron chi connectivity index (χ1n) is 8.03. The molecule has 2 aromatic rings. The molecule has 26 heavy (non-hydrogen) atoms. The molecular formula is C17H23F3IN5. The molecule has 2 N–H and O–H groups in total. The number of imidazole rings is 1. The molecule has 0 aliphatic carbocycles. The summed E-state index contributed by atoms with van der Waals surface area (Å²) in [5.41, 5.74) is 1.24.